The van der Waals surface area contributed by atoms with Crippen LogP contribution in [0.5, 0.6) is 5.75 Å². The fourth-order valence-corrected chi connectivity index (χ4v) is 4.38. The summed E-state index contributed by atoms with van der Waals surface area (Å²) in [5, 5.41) is 24.7. The molecule has 12 heteroatoms. The van der Waals surface area contributed by atoms with Crippen LogP contribution in [0, 0.1) is 11.6 Å². The normalized spacial score (nSPS) is 15.7. The van der Waals surface area contributed by atoms with Gasteiger partial charge in [-0.05, 0) is 32.0 Å². The summed E-state index contributed by atoms with van der Waals surface area (Å²) >= 11 is 0. The molecule has 1 aliphatic heterocycles. The molecule has 3 aromatic heterocycles. The molecule has 0 bridgehead atoms. The van der Waals surface area contributed by atoms with Gasteiger partial charge in [0.2, 0.25) is 0 Å². The summed E-state index contributed by atoms with van der Waals surface area (Å²) in [6, 6.07) is 4.79. The van der Waals surface area contributed by atoms with E-state index in [1.165, 1.54) is 38.5 Å². The zero-order valence-electron chi connectivity index (χ0n) is 20.9. The summed E-state index contributed by atoms with van der Waals surface area (Å²) in [5.74, 6) is -0.870. The molecule has 0 aliphatic carbocycles. The Hall–Kier alpha value is -3.77. The first-order valence-corrected chi connectivity index (χ1v) is 12.2. The number of nitrogens with zero attached hydrogens (tertiary/aromatic N) is 6. The smallest absolute Gasteiger partial charge is 0.181 e. The van der Waals surface area contributed by atoms with Crippen molar-refractivity contribution in [3.63, 3.8) is 0 Å². The number of pyridine rings is 1. The van der Waals surface area contributed by atoms with E-state index in [9.17, 15) is 23.4 Å². The van der Waals surface area contributed by atoms with E-state index in [4.69, 9.17) is 14.7 Å². The van der Waals surface area contributed by atoms with Crippen LogP contribution in [-0.2, 0) is 6.80 Å². The first-order valence-electron chi connectivity index (χ1n) is 12.2. The molecule has 200 valence electrons. The van der Waals surface area contributed by atoms with Gasteiger partial charge in [0.05, 0.1) is 29.2 Å². The Kier molecular flexibility index (Phi) is 6.93. The van der Waals surface area contributed by atoms with Crippen molar-refractivity contribution in [1.82, 2.24) is 24.7 Å². The van der Waals surface area contributed by atoms with E-state index < -0.39 is 30.1 Å². The molecule has 1 fully saturated rings. The topological polar surface area (TPSA) is 109 Å². The molecule has 1 saturated heterocycles. The number of aromatic nitrogens is 5. The van der Waals surface area contributed by atoms with Gasteiger partial charge in [-0.25, -0.2) is 27.8 Å². The summed E-state index contributed by atoms with van der Waals surface area (Å²) < 4.78 is 47.4. The number of fused-ring (bicyclic) bond motifs is 1. The van der Waals surface area contributed by atoms with Crippen LogP contribution < -0.4 is 9.64 Å². The number of piperidine rings is 1. The molecule has 0 amide bonds. The van der Waals surface area contributed by atoms with Crippen LogP contribution in [0.15, 0.2) is 42.9 Å². The predicted molar refractivity (Wildman–Crippen MR) is 133 cm³/mol. The summed E-state index contributed by atoms with van der Waals surface area (Å²) in [6.45, 7) is 3.19. The number of rotatable bonds is 7. The molecule has 2 N–H and O–H groups in total. The molecule has 0 spiro atoms. The SMILES string of the molecule is CC(C)(O)[C@H](O)c1cc2nc(-c3cnn(CF)c3)c(N3CCC(Oc4ccc(F)cc4F)CC3)nc2cn1. The number of aliphatic hydroxyl groups excluding tert-OH is 1. The van der Waals surface area contributed by atoms with Gasteiger partial charge in [0.1, 0.15) is 29.2 Å². The number of hydrogen-bond acceptors (Lipinski definition) is 8. The molecule has 38 heavy (non-hydrogen) atoms. The second-order valence-electron chi connectivity index (χ2n) is 9.82. The van der Waals surface area contributed by atoms with Crippen molar-refractivity contribution in [2.45, 2.75) is 51.3 Å². The quantitative estimate of drug-likeness (QED) is 0.371. The van der Waals surface area contributed by atoms with Crippen LogP contribution in [0.2, 0.25) is 0 Å². The second kappa shape index (κ2) is 10.2. The lowest BCUT2D eigenvalue weighted by Crippen LogP contribution is -2.39. The number of anilines is 1. The van der Waals surface area contributed by atoms with Gasteiger partial charge in [-0.15, -0.1) is 0 Å². The first kappa shape index (κ1) is 25.9. The van der Waals surface area contributed by atoms with Crippen molar-refractivity contribution in [2.24, 2.45) is 0 Å². The molecule has 0 saturated carbocycles. The van der Waals surface area contributed by atoms with Gasteiger partial charge < -0.3 is 19.8 Å². The lowest BCUT2D eigenvalue weighted by Gasteiger charge is -2.33. The lowest BCUT2D eigenvalue weighted by molar-refractivity contribution is -0.0516. The minimum Gasteiger partial charge on any atom is -0.487 e. The van der Waals surface area contributed by atoms with Crippen molar-refractivity contribution in [3.8, 4) is 17.0 Å². The average molecular weight is 529 g/mol. The van der Waals surface area contributed by atoms with Gasteiger partial charge in [0, 0.05) is 43.8 Å². The maximum atomic E-state index is 14.0. The fourth-order valence-electron chi connectivity index (χ4n) is 4.38. The summed E-state index contributed by atoms with van der Waals surface area (Å²) in [6.07, 6.45) is 4.10. The van der Waals surface area contributed by atoms with E-state index in [-0.39, 0.29) is 17.5 Å². The minimum atomic E-state index is -1.41. The van der Waals surface area contributed by atoms with Crippen molar-refractivity contribution in [2.75, 3.05) is 18.0 Å². The first-order chi connectivity index (χ1) is 18.1. The zero-order chi connectivity index (χ0) is 27.0. The van der Waals surface area contributed by atoms with Gasteiger partial charge in [-0.1, -0.05) is 0 Å². The maximum absolute atomic E-state index is 14.0. The van der Waals surface area contributed by atoms with E-state index in [0.717, 1.165) is 16.8 Å². The predicted octanol–water partition coefficient (Wildman–Crippen LogP) is 3.95. The highest BCUT2D eigenvalue weighted by molar-refractivity contribution is 5.83. The zero-order valence-corrected chi connectivity index (χ0v) is 20.9. The molecule has 1 aromatic carbocycles. The third kappa shape index (κ3) is 5.27. The van der Waals surface area contributed by atoms with Gasteiger partial charge in [-0.3, -0.25) is 4.98 Å². The minimum absolute atomic E-state index is 0.00444. The highest BCUT2D eigenvalue weighted by atomic mass is 19.1. The molecule has 1 aliphatic rings. The number of benzene rings is 1. The van der Waals surface area contributed by atoms with Crippen LogP contribution in [0.25, 0.3) is 22.3 Å². The Labute approximate surface area is 216 Å². The van der Waals surface area contributed by atoms with Crippen molar-refractivity contribution >= 4 is 16.9 Å². The van der Waals surface area contributed by atoms with Gasteiger partial charge in [0.25, 0.3) is 0 Å². The van der Waals surface area contributed by atoms with Crippen LogP contribution in [0.4, 0.5) is 19.0 Å². The Morgan fingerprint density at radius 2 is 1.87 bits per heavy atom. The Morgan fingerprint density at radius 3 is 2.53 bits per heavy atom. The lowest BCUT2D eigenvalue weighted by atomic mass is 9.98. The largest absolute Gasteiger partial charge is 0.487 e. The summed E-state index contributed by atoms with van der Waals surface area (Å²) in [5.41, 5.74) is 0.761. The number of alkyl halides is 1. The van der Waals surface area contributed by atoms with Crippen molar-refractivity contribution in [1.29, 1.82) is 0 Å². The third-order valence-electron chi connectivity index (χ3n) is 6.46. The van der Waals surface area contributed by atoms with E-state index in [0.29, 0.717) is 54.0 Å². The van der Waals surface area contributed by atoms with Crippen molar-refractivity contribution in [3.05, 3.63) is 60.2 Å². The number of aliphatic hydroxyl groups is 2. The monoisotopic (exact) mass is 528 g/mol. The molecular weight excluding hydrogens is 501 g/mol. The highest BCUT2D eigenvalue weighted by Gasteiger charge is 2.29. The standard InChI is InChI=1S/C26H27F3N6O3/c1-26(2,37)24(36)20-10-19-21(12-30-20)33-25(23(32-19)15-11-31-35(13-15)14-27)34-7-5-17(6-8-34)38-22-4-3-16(28)9-18(22)29/h3-4,9-13,17,24,36-37H,5-8,14H2,1-2H3/t24-/m1/s1. The fraction of sp³-hybridized carbons (Fsp3) is 0.385. The molecule has 9 nitrogen and oxygen atoms in total. The average Bonchev–Trinajstić information content (AvgIpc) is 3.38. The van der Waals surface area contributed by atoms with Crippen molar-refractivity contribution < 1.29 is 28.1 Å². The Balaban J connectivity index is 1.45. The number of ether oxygens (including phenoxy) is 1. The second-order valence-corrected chi connectivity index (χ2v) is 9.82. The molecule has 0 unspecified atom stereocenters. The maximum Gasteiger partial charge on any atom is 0.181 e. The van der Waals surface area contributed by atoms with Gasteiger partial charge in [0.15, 0.2) is 24.2 Å². The molecule has 4 heterocycles. The van der Waals surface area contributed by atoms with Crippen LogP contribution in [0.1, 0.15) is 38.5 Å². The molecule has 1 atom stereocenters. The third-order valence-corrected chi connectivity index (χ3v) is 6.46. The van der Waals surface area contributed by atoms with Gasteiger partial charge in [-0.2, -0.15) is 5.10 Å². The Morgan fingerprint density at radius 1 is 1.11 bits per heavy atom. The highest BCUT2D eigenvalue weighted by Crippen LogP contribution is 2.33. The van der Waals surface area contributed by atoms with Crippen LogP contribution in [0.3, 0.4) is 0 Å². The van der Waals surface area contributed by atoms with E-state index in [1.54, 1.807) is 6.07 Å². The molecule has 0 radical (unpaired) electrons. The van der Waals surface area contributed by atoms with E-state index in [2.05, 4.69) is 10.1 Å². The summed E-state index contributed by atoms with van der Waals surface area (Å²) in [4.78, 5) is 15.8. The molecule has 4 aromatic rings. The van der Waals surface area contributed by atoms with E-state index in [1.807, 2.05) is 4.90 Å². The van der Waals surface area contributed by atoms with Crippen LogP contribution in [-0.4, -0.2) is 59.7 Å². The molecule has 5 rings (SSSR count). The molecular formula is C26H27F3N6O3. The van der Waals surface area contributed by atoms with Gasteiger partial charge >= 0.3 is 0 Å². The van der Waals surface area contributed by atoms with Crippen LogP contribution >= 0.6 is 0 Å². The summed E-state index contributed by atoms with van der Waals surface area (Å²) in [7, 11) is 0. The Bertz CT molecular complexity index is 1450. The number of hydrogen-bond donors (Lipinski definition) is 2. The van der Waals surface area contributed by atoms with E-state index >= 15 is 0 Å². The number of halogens is 3.